The van der Waals surface area contributed by atoms with Crippen molar-refractivity contribution < 1.29 is 45.3 Å². The fraction of sp³-hybridized carbons (Fsp3) is 0.714. The molecule has 3 aromatic carbocycles. The van der Waals surface area contributed by atoms with E-state index < -0.39 is 19.5 Å². The van der Waals surface area contributed by atoms with Gasteiger partial charge in [0.15, 0.2) is 14.7 Å². The van der Waals surface area contributed by atoms with Crippen molar-refractivity contribution in [3.05, 3.63) is 72.8 Å². The van der Waals surface area contributed by atoms with Crippen molar-refractivity contribution in [3.63, 3.8) is 0 Å². The molecular formula is C63H105F6O6SSbSi3. The van der Waals surface area contributed by atoms with E-state index in [0.717, 1.165) is 84.9 Å². The Morgan fingerprint density at radius 2 is 0.575 bits per heavy atom. The molecule has 80 heavy (non-hydrogen) atoms. The number of hydrogen-bond donors (Lipinski definition) is 0. The van der Waals surface area contributed by atoms with Gasteiger partial charge in [0.1, 0.15) is 37.1 Å². The summed E-state index contributed by atoms with van der Waals surface area (Å²) >= 11 is -11.2. The maximum absolute atomic E-state index is 11.2. The van der Waals surface area contributed by atoms with Crippen molar-refractivity contribution in [2.24, 2.45) is 0 Å². The van der Waals surface area contributed by atoms with Crippen molar-refractivity contribution >= 4 is 58.9 Å². The SMILES string of the molecule is CCCCCCCC(C)(C)[Si]CCCOCCOc1ccc([S+](c2ccc(OCCOCCC[Si]C(C)(C)CCCCCCC)cc2)c2ccc(OCCOCCC[Si]C(C)(C)CCCCCCC)cc2)cc1.[F][Sb-]([F])([F])([F])([F])[F]. The number of rotatable bonds is 48. The second kappa shape index (κ2) is 39.9. The van der Waals surface area contributed by atoms with Gasteiger partial charge in [0.2, 0.25) is 0 Å². The van der Waals surface area contributed by atoms with E-state index in [1.54, 1.807) is 0 Å². The van der Waals surface area contributed by atoms with Crippen LogP contribution >= 0.6 is 0 Å². The van der Waals surface area contributed by atoms with E-state index in [-0.39, 0.29) is 10.9 Å². The van der Waals surface area contributed by atoms with Crippen LogP contribution in [0.15, 0.2) is 87.5 Å². The van der Waals surface area contributed by atoms with Gasteiger partial charge in [-0.2, -0.15) is 0 Å². The molecule has 0 aromatic heterocycles. The van der Waals surface area contributed by atoms with Gasteiger partial charge in [-0.05, 0) is 107 Å². The molecule has 0 heterocycles. The molecule has 0 fully saturated rings. The molecule has 0 bridgehead atoms. The van der Waals surface area contributed by atoms with E-state index in [2.05, 4.69) is 135 Å². The first-order valence-corrected chi connectivity index (χ1v) is 40.9. The number of benzene rings is 3. The van der Waals surface area contributed by atoms with Crippen LogP contribution in [-0.4, -0.2) is 107 Å². The molecule has 6 radical (unpaired) electrons. The van der Waals surface area contributed by atoms with Gasteiger partial charge >= 0.3 is 36.4 Å². The van der Waals surface area contributed by atoms with Crippen LogP contribution in [0, 0.1) is 0 Å². The van der Waals surface area contributed by atoms with E-state index >= 15 is 0 Å². The normalized spacial score (nSPS) is 13.2. The van der Waals surface area contributed by atoms with Crippen LogP contribution in [0.5, 0.6) is 17.2 Å². The Kier molecular flexibility index (Phi) is 37.1. The Balaban J connectivity index is 0.00000292. The summed E-state index contributed by atoms with van der Waals surface area (Å²) in [6, 6.07) is 29.6. The molecule has 0 aliphatic carbocycles. The topological polar surface area (TPSA) is 55.4 Å². The van der Waals surface area contributed by atoms with Crippen molar-refractivity contribution in [1.82, 2.24) is 0 Å². The monoisotopic (exact) mass is 1310 g/mol. The number of halogens is 6. The second-order valence-corrected chi connectivity index (χ2v) is 37.2. The number of hydrogen-bond acceptors (Lipinski definition) is 6. The Morgan fingerprint density at radius 1 is 0.338 bits per heavy atom. The van der Waals surface area contributed by atoms with E-state index in [1.807, 2.05) is 0 Å². The third-order valence-corrected chi connectivity index (χ3v) is 21.3. The molecule has 0 amide bonds. The Bertz CT molecular complexity index is 1770. The van der Waals surface area contributed by atoms with Gasteiger partial charge < -0.3 is 28.4 Å². The average molecular weight is 1310 g/mol. The molecule has 6 nitrogen and oxygen atoms in total. The van der Waals surface area contributed by atoms with Crippen molar-refractivity contribution in [1.29, 1.82) is 0 Å². The fourth-order valence-electron chi connectivity index (χ4n) is 8.97. The van der Waals surface area contributed by atoms with Crippen LogP contribution in [0.25, 0.3) is 0 Å². The fourth-order valence-corrected chi connectivity index (χ4v) is 15.1. The molecule has 0 spiro atoms. The minimum absolute atomic E-state index is 0.346. The molecule has 17 heteroatoms. The zero-order chi connectivity index (χ0) is 59.1. The Labute approximate surface area is 495 Å². The summed E-state index contributed by atoms with van der Waals surface area (Å²) in [6.07, 6.45) is 27.9. The van der Waals surface area contributed by atoms with Gasteiger partial charge in [0.05, 0.1) is 30.7 Å². The summed E-state index contributed by atoms with van der Waals surface area (Å²) in [6.45, 7) is 27.4. The Morgan fingerprint density at radius 3 is 0.812 bits per heavy atom. The predicted octanol–water partition coefficient (Wildman–Crippen LogP) is 20.3. The van der Waals surface area contributed by atoms with Gasteiger partial charge in [-0.25, -0.2) is 0 Å². The van der Waals surface area contributed by atoms with Crippen molar-refractivity contribution in [3.8, 4) is 17.2 Å². The van der Waals surface area contributed by atoms with E-state index in [9.17, 15) is 16.9 Å². The minimum atomic E-state index is -11.2. The molecular weight excluding hydrogens is 1200 g/mol. The van der Waals surface area contributed by atoms with E-state index in [4.69, 9.17) is 28.4 Å². The van der Waals surface area contributed by atoms with Crippen LogP contribution in [-0.2, 0) is 25.1 Å². The molecule has 3 aromatic rings. The van der Waals surface area contributed by atoms with Crippen LogP contribution < -0.4 is 14.2 Å². The average Bonchev–Trinajstić information content (AvgIpc) is 3.39. The summed E-state index contributed by atoms with van der Waals surface area (Å²) in [5, 5.41) is 1.36. The zero-order valence-corrected chi connectivity index (χ0v) is 57.2. The van der Waals surface area contributed by atoms with Crippen LogP contribution in [0.1, 0.15) is 197 Å². The first kappa shape index (κ1) is 74.4. The maximum atomic E-state index is 9.93. The molecule has 0 aliphatic rings. The molecule has 0 aliphatic heterocycles. The van der Waals surface area contributed by atoms with E-state index in [0.29, 0.717) is 54.8 Å². The summed E-state index contributed by atoms with van der Waals surface area (Å²) in [5.41, 5.74) is 0. The van der Waals surface area contributed by atoms with Crippen LogP contribution in [0.3, 0.4) is 0 Å². The molecule has 0 N–H and O–H groups in total. The van der Waals surface area contributed by atoms with Gasteiger partial charge in [0, 0.05) is 48.4 Å². The molecule has 0 atom stereocenters. The van der Waals surface area contributed by atoms with E-state index in [1.165, 1.54) is 148 Å². The third kappa shape index (κ3) is 43.0. The molecule has 0 saturated heterocycles. The Hall–Kier alpha value is -1.66. The van der Waals surface area contributed by atoms with Crippen molar-refractivity contribution in [2.45, 2.75) is 245 Å². The zero-order valence-electron chi connectivity index (χ0n) is 50.8. The molecule has 458 valence electrons. The first-order chi connectivity index (χ1) is 37.8. The second-order valence-electron chi connectivity index (χ2n) is 23.0. The van der Waals surface area contributed by atoms with Crippen molar-refractivity contribution in [2.75, 3.05) is 59.5 Å². The number of ether oxygens (including phenoxy) is 6. The first-order valence-electron chi connectivity index (χ1n) is 30.3. The summed E-state index contributed by atoms with van der Waals surface area (Å²) in [5.74, 6) is 2.60. The predicted molar refractivity (Wildman–Crippen MR) is 331 cm³/mol. The van der Waals surface area contributed by atoms with Gasteiger partial charge in [-0.15, -0.1) is 0 Å². The molecule has 0 saturated carbocycles. The van der Waals surface area contributed by atoms with Gasteiger partial charge in [0.25, 0.3) is 0 Å². The summed E-state index contributed by atoms with van der Waals surface area (Å²) in [7, 11) is 2.65. The molecule has 0 unspecified atom stereocenters. The molecule has 3 rings (SSSR count). The third-order valence-electron chi connectivity index (χ3n) is 13.6. The quantitative estimate of drug-likeness (QED) is 0.0243. The van der Waals surface area contributed by atoms with Gasteiger partial charge in [-0.3, -0.25) is 0 Å². The van der Waals surface area contributed by atoms with Crippen LogP contribution in [0.4, 0.5) is 16.9 Å². The van der Waals surface area contributed by atoms with Crippen LogP contribution in [0.2, 0.25) is 33.2 Å². The van der Waals surface area contributed by atoms with Gasteiger partial charge in [-0.1, -0.05) is 196 Å². The number of unbranched alkanes of at least 4 members (excludes halogenated alkanes) is 12. The standard InChI is InChI=1S/C63H105O6SSi3.6FH.Sb/c1-10-13-16-19-22-40-61(4,5)71-52-25-43-64-46-49-67-55-28-34-58(35-29-55)70(59-36-30-56(31-37-59)68-50-47-65-44-26-53-72-62(6,7)41-23-20-17-14-11-2)60-38-32-57(33-39-60)69-51-48-66-45-27-54-73-63(8,9)42-24-21-18-15-12-3;;;;;;;/h28-39H,10-27,40-54H2,1-9H3;6*1H;/q+1;;;;;;;+5/p-6. The summed E-state index contributed by atoms with van der Waals surface area (Å²) in [4.78, 5) is 3.68. The summed E-state index contributed by atoms with van der Waals surface area (Å²) < 4.78 is 96.0.